The fraction of sp³-hybridized carbons (Fsp3) is 0. The first kappa shape index (κ1) is 14.3. The monoisotopic (exact) mass is 243 g/mol. The number of anilines is 1. The van der Waals surface area contributed by atoms with Gasteiger partial charge in [0, 0.05) is 29.6 Å². The van der Waals surface area contributed by atoms with Crippen LogP contribution in [0.25, 0.3) is 0 Å². The summed E-state index contributed by atoms with van der Waals surface area (Å²) in [6.07, 6.45) is 0. The van der Waals surface area contributed by atoms with Gasteiger partial charge in [0.05, 0.1) is 11.0 Å². The number of nitrogens with one attached hydrogen (secondary N) is 1. The number of rotatable bonds is 3. The van der Waals surface area contributed by atoms with Crippen LogP contribution >= 0.6 is 0 Å². The Balaban J connectivity index is 0.00000196. The van der Waals surface area contributed by atoms with Crippen LogP contribution in [0, 0.1) is 15.9 Å². The number of benzene rings is 1. The first-order valence-electron chi connectivity index (χ1n) is 3.35. The van der Waals surface area contributed by atoms with Crippen LogP contribution in [0.5, 0.6) is 0 Å². The third kappa shape index (κ3) is 4.12. The van der Waals surface area contributed by atoms with E-state index in [0.717, 1.165) is 12.1 Å². The van der Waals surface area contributed by atoms with Crippen molar-refractivity contribution < 1.29 is 17.7 Å². The molecule has 0 amide bonds. The minimum absolute atomic E-state index is 0. The van der Waals surface area contributed by atoms with E-state index in [1.54, 1.807) is 0 Å². The number of hydrogen-bond acceptors (Lipinski definition) is 4. The molecule has 0 bridgehead atoms. The van der Waals surface area contributed by atoms with Crippen LogP contribution in [0.2, 0.25) is 0 Å². The minimum Gasteiger partial charge on any atom is -0.279 e. The van der Waals surface area contributed by atoms with E-state index < -0.39 is 27.3 Å². The van der Waals surface area contributed by atoms with Crippen molar-refractivity contribution in [3.05, 3.63) is 34.1 Å². The predicted octanol–water partition coefficient (Wildman–Crippen LogP) is 0.291. The van der Waals surface area contributed by atoms with Crippen LogP contribution in [0.1, 0.15) is 0 Å². The first-order chi connectivity index (χ1) is 6.50. The van der Waals surface area contributed by atoms with Gasteiger partial charge in [0.25, 0.3) is 5.69 Å². The summed E-state index contributed by atoms with van der Waals surface area (Å²) in [5.74, 6) is -0.802. The first-order valence-corrected chi connectivity index (χ1v) is 4.53. The van der Waals surface area contributed by atoms with Crippen LogP contribution in [-0.2, 0) is 10.9 Å². The van der Waals surface area contributed by atoms with Gasteiger partial charge >= 0.3 is 0 Å². The summed E-state index contributed by atoms with van der Waals surface area (Å²) in [6.45, 7) is 0. The Morgan fingerprint density at radius 2 is 2.00 bits per heavy atom. The van der Waals surface area contributed by atoms with Gasteiger partial charge in [0.1, 0.15) is 11.5 Å². The quantitative estimate of drug-likeness (QED) is 0.345. The Morgan fingerprint density at radius 1 is 1.40 bits per heavy atom. The molecule has 0 spiro atoms. The van der Waals surface area contributed by atoms with Crippen molar-refractivity contribution in [1.29, 1.82) is 0 Å². The second-order valence-electron chi connectivity index (χ2n) is 2.29. The Hall–Kier alpha value is -0.700. The van der Waals surface area contributed by atoms with E-state index in [-0.39, 0.29) is 35.2 Å². The molecule has 0 aromatic heterocycles. The Kier molecular flexibility index (Phi) is 5.73. The molecular formula is C6H5FN2NaO4S. The normalized spacial score (nSPS) is 9.47. The van der Waals surface area contributed by atoms with E-state index in [4.69, 9.17) is 0 Å². The minimum atomic E-state index is -3.00. The third-order valence-electron chi connectivity index (χ3n) is 1.37. The molecule has 15 heavy (non-hydrogen) atoms. The zero-order chi connectivity index (χ0) is 10.7. The van der Waals surface area contributed by atoms with Crippen molar-refractivity contribution in [1.82, 2.24) is 0 Å². The SMILES string of the molecule is O=[N+]([O-])c1cc(F)ccc1N[SH](=O)=O.[Na]. The number of nitro benzene ring substituents is 1. The van der Waals surface area contributed by atoms with E-state index in [2.05, 4.69) is 0 Å². The van der Waals surface area contributed by atoms with E-state index >= 15 is 0 Å². The van der Waals surface area contributed by atoms with Gasteiger partial charge in [-0.1, -0.05) is 0 Å². The molecule has 0 aliphatic rings. The molecule has 1 N–H and O–H groups in total. The molecule has 0 aliphatic carbocycles. The van der Waals surface area contributed by atoms with Gasteiger partial charge in [0.2, 0.25) is 10.9 Å². The zero-order valence-corrected chi connectivity index (χ0v) is 10.5. The summed E-state index contributed by atoms with van der Waals surface area (Å²) in [5.41, 5.74) is -0.878. The molecule has 0 saturated carbocycles. The van der Waals surface area contributed by atoms with E-state index in [1.165, 1.54) is 0 Å². The Labute approximate surface area is 108 Å². The molecule has 1 radical (unpaired) electrons. The number of hydrogen-bond donors (Lipinski definition) is 2. The summed E-state index contributed by atoms with van der Waals surface area (Å²) in [7, 11) is -3.00. The van der Waals surface area contributed by atoms with Gasteiger partial charge in [0.15, 0.2) is 0 Å². The van der Waals surface area contributed by atoms with Crippen molar-refractivity contribution in [2.75, 3.05) is 4.72 Å². The fourth-order valence-electron chi connectivity index (χ4n) is 0.849. The summed E-state index contributed by atoms with van der Waals surface area (Å²) in [4.78, 5) is 9.49. The molecule has 77 valence electrons. The number of thiol groups is 1. The average molecular weight is 243 g/mol. The van der Waals surface area contributed by atoms with Crippen molar-refractivity contribution in [3.63, 3.8) is 0 Å². The number of nitrogens with zero attached hydrogens (tertiary/aromatic N) is 1. The fourth-order valence-corrected chi connectivity index (χ4v) is 1.23. The van der Waals surface area contributed by atoms with Crippen LogP contribution in [0.3, 0.4) is 0 Å². The second-order valence-corrected chi connectivity index (χ2v) is 3.03. The average Bonchev–Trinajstić information content (AvgIpc) is 2.07. The smallest absolute Gasteiger partial charge is 0.279 e. The van der Waals surface area contributed by atoms with Gasteiger partial charge in [-0.3, -0.25) is 14.8 Å². The molecule has 1 rings (SSSR count). The summed E-state index contributed by atoms with van der Waals surface area (Å²) >= 11 is 0. The van der Waals surface area contributed by atoms with E-state index in [9.17, 15) is 22.9 Å². The molecular weight excluding hydrogens is 238 g/mol. The van der Waals surface area contributed by atoms with Crippen LogP contribution in [-0.4, -0.2) is 42.9 Å². The molecule has 6 nitrogen and oxygen atoms in total. The van der Waals surface area contributed by atoms with E-state index in [0.29, 0.717) is 6.07 Å². The maximum atomic E-state index is 12.6. The predicted molar refractivity (Wildman–Crippen MR) is 52.7 cm³/mol. The number of halogens is 1. The van der Waals surface area contributed by atoms with Gasteiger partial charge in [-0.05, 0) is 12.1 Å². The van der Waals surface area contributed by atoms with Crippen LogP contribution in [0.15, 0.2) is 18.2 Å². The van der Waals surface area contributed by atoms with Crippen molar-refractivity contribution >= 4 is 51.8 Å². The maximum Gasteiger partial charge on any atom is 0.296 e. The van der Waals surface area contributed by atoms with Gasteiger partial charge < -0.3 is 0 Å². The second kappa shape index (κ2) is 6.01. The summed E-state index contributed by atoms with van der Waals surface area (Å²) in [5, 5.41) is 10.4. The third-order valence-corrected chi connectivity index (χ3v) is 1.79. The molecule has 1 aromatic rings. The topological polar surface area (TPSA) is 89.3 Å². The molecule has 0 fully saturated rings. The molecule has 0 atom stereocenters. The summed E-state index contributed by atoms with van der Waals surface area (Å²) in [6, 6.07) is 2.55. The zero-order valence-electron chi connectivity index (χ0n) is 7.64. The standard InChI is InChI=1S/C6H5FN2O4S.Na/c7-4-1-2-5(8-14(12)13)6(3-4)9(10)11;/h1-3,14H,(H,8,12,13);. The molecule has 0 aliphatic heterocycles. The molecule has 0 heterocycles. The molecule has 0 saturated heterocycles. The van der Waals surface area contributed by atoms with Crippen molar-refractivity contribution in [3.8, 4) is 0 Å². The Morgan fingerprint density at radius 3 is 2.47 bits per heavy atom. The number of nitro groups is 1. The van der Waals surface area contributed by atoms with Crippen LogP contribution < -0.4 is 4.72 Å². The van der Waals surface area contributed by atoms with Crippen molar-refractivity contribution in [2.24, 2.45) is 0 Å². The largest absolute Gasteiger partial charge is 0.296 e. The van der Waals surface area contributed by atoms with Gasteiger partial charge in [-0.2, -0.15) is 0 Å². The van der Waals surface area contributed by atoms with E-state index in [1.807, 2.05) is 4.72 Å². The molecule has 9 heteroatoms. The molecule has 0 unspecified atom stereocenters. The van der Waals surface area contributed by atoms with Crippen molar-refractivity contribution in [2.45, 2.75) is 0 Å². The van der Waals surface area contributed by atoms with Gasteiger partial charge in [-0.25, -0.2) is 12.8 Å². The van der Waals surface area contributed by atoms with Crippen LogP contribution in [0.4, 0.5) is 15.8 Å². The Bertz CT molecular complexity index is 443. The molecule has 1 aromatic carbocycles. The summed E-state index contributed by atoms with van der Waals surface area (Å²) < 4.78 is 34.9. The van der Waals surface area contributed by atoms with Gasteiger partial charge in [-0.15, -0.1) is 0 Å². The maximum absolute atomic E-state index is 12.6.